The van der Waals surface area contributed by atoms with Crippen LogP contribution in [0.2, 0.25) is 5.02 Å². The third kappa shape index (κ3) is 2.64. The van der Waals surface area contributed by atoms with Gasteiger partial charge in [-0.2, -0.15) is 0 Å². The van der Waals surface area contributed by atoms with Crippen molar-refractivity contribution < 1.29 is 4.79 Å². The molecular weight excluding hydrogens is 378 g/mol. The molecule has 0 bridgehead atoms. The van der Waals surface area contributed by atoms with E-state index in [9.17, 15) is 9.59 Å². The van der Waals surface area contributed by atoms with Crippen LogP contribution in [0, 0.1) is 6.92 Å². The fourth-order valence-corrected chi connectivity index (χ4v) is 4.79. The van der Waals surface area contributed by atoms with E-state index in [1.165, 1.54) is 0 Å². The number of aromatic nitrogens is 4. The van der Waals surface area contributed by atoms with Gasteiger partial charge in [-0.15, -0.1) is 0 Å². The number of H-pyrrole nitrogens is 1. The maximum absolute atomic E-state index is 13.0. The van der Waals surface area contributed by atoms with Crippen molar-refractivity contribution in [2.45, 2.75) is 38.0 Å². The maximum Gasteiger partial charge on any atom is 0.274 e. The Labute approximate surface area is 166 Å². The van der Waals surface area contributed by atoms with Crippen molar-refractivity contribution in [3.8, 4) is 0 Å². The van der Waals surface area contributed by atoms with Crippen molar-refractivity contribution in [3.63, 3.8) is 0 Å². The molecule has 2 aliphatic rings. The van der Waals surface area contributed by atoms with Crippen molar-refractivity contribution in [1.29, 1.82) is 0 Å². The summed E-state index contributed by atoms with van der Waals surface area (Å²) in [6, 6.07) is 3.56. The average molecular weight is 398 g/mol. The normalized spacial score (nSPS) is 18.0. The second kappa shape index (κ2) is 6.17. The number of hydrogen-bond donors (Lipinski definition) is 1. The highest BCUT2D eigenvalue weighted by molar-refractivity contribution is 6.30. The lowest BCUT2D eigenvalue weighted by Gasteiger charge is -2.39. The third-order valence-electron chi connectivity index (χ3n) is 6.13. The van der Waals surface area contributed by atoms with E-state index in [2.05, 4.69) is 15.0 Å². The zero-order valence-electron chi connectivity index (χ0n) is 15.5. The standard InChI is InChI=1S/C20H20ClN5O2/c1-12-22-17-14(18(27)23-12)4-5-20(17)6-8-25(9-7-20)19(28)15-11-26-10-13(21)2-3-16(26)24-15/h2-3,10-11H,4-9H2,1H3,(H,22,23,27). The summed E-state index contributed by atoms with van der Waals surface area (Å²) in [6.45, 7) is 3.10. The minimum atomic E-state index is -0.0857. The molecule has 1 amide bonds. The Hall–Kier alpha value is -2.67. The van der Waals surface area contributed by atoms with Crippen molar-refractivity contribution in [2.24, 2.45) is 0 Å². The number of rotatable bonds is 1. The summed E-state index contributed by atoms with van der Waals surface area (Å²) in [4.78, 5) is 39.0. The van der Waals surface area contributed by atoms with Gasteiger partial charge in [0.1, 0.15) is 17.2 Å². The van der Waals surface area contributed by atoms with E-state index in [0.29, 0.717) is 35.3 Å². The number of amides is 1. The molecule has 3 aromatic heterocycles. The van der Waals surface area contributed by atoms with E-state index in [-0.39, 0.29) is 16.9 Å². The zero-order valence-corrected chi connectivity index (χ0v) is 16.3. The third-order valence-corrected chi connectivity index (χ3v) is 6.36. The Morgan fingerprint density at radius 3 is 2.75 bits per heavy atom. The van der Waals surface area contributed by atoms with Crippen LogP contribution >= 0.6 is 11.6 Å². The summed E-state index contributed by atoms with van der Waals surface area (Å²) in [5.74, 6) is 0.592. The van der Waals surface area contributed by atoms with Crippen LogP contribution in [-0.2, 0) is 11.8 Å². The van der Waals surface area contributed by atoms with Gasteiger partial charge in [0.15, 0.2) is 0 Å². The minimum absolute atomic E-state index is 0.0127. The summed E-state index contributed by atoms with van der Waals surface area (Å²) in [7, 11) is 0. The molecule has 7 nitrogen and oxygen atoms in total. The van der Waals surface area contributed by atoms with Gasteiger partial charge >= 0.3 is 0 Å². The molecule has 4 heterocycles. The molecule has 8 heteroatoms. The number of carbonyl (C=O) groups excluding carboxylic acids is 1. The quantitative estimate of drug-likeness (QED) is 0.683. The van der Waals surface area contributed by atoms with Gasteiger partial charge in [-0.1, -0.05) is 11.6 Å². The molecule has 28 heavy (non-hydrogen) atoms. The first-order valence-electron chi connectivity index (χ1n) is 9.49. The molecule has 1 fully saturated rings. The smallest absolute Gasteiger partial charge is 0.274 e. The predicted molar refractivity (Wildman–Crippen MR) is 105 cm³/mol. The van der Waals surface area contributed by atoms with E-state index in [1.807, 2.05) is 11.8 Å². The molecule has 1 aliphatic heterocycles. The number of nitrogens with zero attached hydrogens (tertiary/aromatic N) is 4. The number of imidazole rings is 1. The predicted octanol–water partition coefficient (Wildman–Crippen LogP) is 2.50. The maximum atomic E-state index is 13.0. The lowest BCUT2D eigenvalue weighted by molar-refractivity contribution is 0.0658. The lowest BCUT2D eigenvalue weighted by atomic mass is 9.76. The van der Waals surface area contributed by atoms with Gasteiger partial charge < -0.3 is 14.3 Å². The van der Waals surface area contributed by atoms with Crippen molar-refractivity contribution in [3.05, 3.63) is 62.7 Å². The number of piperidine rings is 1. The lowest BCUT2D eigenvalue weighted by Crippen LogP contribution is -2.45. The van der Waals surface area contributed by atoms with E-state index >= 15 is 0 Å². The van der Waals surface area contributed by atoms with Crippen LogP contribution in [0.25, 0.3) is 5.65 Å². The summed E-state index contributed by atoms with van der Waals surface area (Å²) >= 11 is 6.01. The first-order chi connectivity index (χ1) is 13.4. The number of likely N-dealkylation sites (tertiary alicyclic amines) is 1. The molecule has 1 saturated heterocycles. The molecular formula is C20H20ClN5O2. The fourth-order valence-electron chi connectivity index (χ4n) is 4.62. The summed E-state index contributed by atoms with van der Waals surface area (Å²) in [5.41, 5.74) is 2.80. The molecule has 3 aromatic rings. The number of fused-ring (bicyclic) bond motifs is 3. The Morgan fingerprint density at radius 2 is 1.96 bits per heavy atom. The first kappa shape index (κ1) is 17.4. The molecule has 0 aromatic carbocycles. The van der Waals surface area contributed by atoms with Gasteiger partial charge in [0.25, 0.3) is 11.5 Å². The first-order valence-corrected chi connectivity index (χ1v) is 9.87. The Morgan fingerprint density at radius 1 is 1.18 bits per heavy atom. The number of aromatic amines is 1. The van der Waals surface area contributed by atoms with Crippen molar-refractivity contribution in [1.82, 2.24) is 24.3 Å². The van der Waals surface area contributed by atoms with E-state index in [0.717, 1.165) is 36.9 Å². The summed E-state index contributed by atoms with van der Waals surface area (Å²) < 4.78 is 1.77. The van der Waals surface area contributed by atoms with Gasteiger partial charge in [-0.3, -0.25) is 9.59 Å². The highest BCUT2D eigenvalue weighted by Crippen LogP contribution is 2.44. The fraction of sp³-hybridized carbons (Fsp3) is 0.400. The van der Waals surface area contributed by atoms with Gasteiger partial charge in [0, 0.05) is 36.5 Å². The topological polar surface area (TPSA) is 83.4 Å². The molecule has 0 unspecified atom stereocenters. The van der Waals surface area contributed by atoms with Gasteiger partial charge in [-0.05, 0) is 44.7 Å². The molecule has 1 N–H and O–H groups in total. The molecule has 144 valence electrons. The zero-order chi connectivity index (χ0) is 19.5. The Kier molecular flexibility index (Phi) is 3.84. The number of carbonyl (C=O) groups is 1. The molecule has 0 saturated carbocycles. The second-order valence-electron chi connectivity index (χ2n) is 7.79. The largest absolute Gasteiger partial charge is 0.337 e. The Bertz CT molecular complexity index is 1160. The number of pyridine rings is 1. The Balaban J connectivity index is 1.38. The number of halogens is 1. The van der Waals surface area contributed by atoms with Crippen LogP contribution in [0.4, 0.5) is 0 Å². The van der Waals surface area contributed by atoms with Gasteiger partial charge in [0.2, 0.25) is 0 Å². The summed E-state index contributed by atoms with van der Waals surface area (Å²) in [5, 5.41) is 0.599. The number of aryl methyl sites for hydroxylation is 1. The van der Waals surface area contributed by atoms with E-state index < -0.39 is 0 Å². The van der Waals surface area contributed by atoms with Crippen LogP contribution < -0.4 is 5.56 Å². The molecule has 1 spiro atoms. The SMILES string of the molecule is Cc1nc2c(c(=O)[nH]1)CCC21CCN(C(=O)c2cn3cc(Cl)ccc3n2)CC1. The van der Waals surface area contributed by atoms with Crippen LogP contribution in [0.15, 0.2) is 29.3 Å². The van der Waals surface area contributed by atoms with Crippen LogP contribution in [0.5, 0.6) is 0 Å². The monoisotopic (exact) mass is 397 g/mol. The molecule has 5 rings (SSSR count). The highest BCUT2D eigenvalue weighted by atomic mass is 35.5. The molecule has 0 radical (unpaired) electrons. The van der Waals surface area contributed by atoms with Crippen molar-refractivity contribution in [2.75, 3.05) is 13.1 Å². The minimum Gasteiger partial charge on any atom is -0.337 e. The average Bonchev–Trinajstić information content (AvgIpc) is 3.24. The van der Waals surface area contributed by atoms with Crippen LogP contribution in [0.3, 0.4) is 0 Å². The van der Waals surface area contributed by atoms with Crippen LogP contribution in [-0.4, -0.2) is 43.2 Å². The summed E-state index contributed by atoms with van der Waals surface area (Å²) in [6.07, 6.45) is 6.80. The highest BCUT2D eigenvalue weighted by Gasteiger charge is 2.44. The van der Waals surface area contributed by atoms with Gasteiger partial charge in [-0.25, -0.2) is 9.97 Å². The second-order valence-corrected chi connectivity index (χ2v) is 8.23. The number of hydrogen-bond acceptors (Lipinski definition) is 4. The van der Waals surface area contributed by atoms with E-state index in [4.69, 9.17) is 11.6 Å². The van der Waals surface area contributed by atoms with E-state index in [1.54, 1.807) is 28.9 Å². The molecule has 1 aliphatic carbocycles. The molecule has 0 atom stereocenters. The van der Waals surface area contributed by atoms with Gasteiger partial charge in [0.05, 0.1) is 10.7 Å². The van der Waals surface area contributed by atoms with Crippen molar-refractivity contribution >= 4 is 23.2 Å². The number of nitrogens with one attached hydrogen (secondary N) is 1. The van der Waals surface area contributed by atoms with Crippen LogP contribution in [0.1, 0.15) is 46.8 Å².